The zero-order valence-electron chi connectivity index (χ0n) is 9.60. The fourth-order valence-corrected chi connectivity index (χ4v) is 2.90. The average molecular weight is 207 g/mol. The molecule has 0 aromatic rings. The van der Waals surface area contributed by atoms with Crippen LogP contribution in [-0.2, 0) is 0 Å². The van der Waals surface area contributed by atoms with Crippen molar-refractivity contribution in [3.8, 4) is 0 Å². The smallest absolute Gasteiger partial charge is 0.0283 e. The average Bonchev–Trinajstić information content (AvgIpc) is 2.95. The van der Waals surface area contributed by atoms with Crippen LogP contribution in [0.4, 0.5) is 0 Å². The van der Waals surface area contributed by atoms with Gasteiger partial charge >= 0.3 is 0 Å². The topological polar surface area (TPSA) is 48.8 Å². The predicted octanol–water partition coefficient (Wildman–Crippen LogP) is 4.15. The molecular weight excluding hydrogens is 186 g/mol. The zero-order valence-corrected chi connectivity index (χ0v) is 9.60. The van der Waals surface area contributed by atoms with Gasteiger partial charge in [-0.2, -0.15) is 0 Å². The van der Waals surface area contributed by atoms with Crippen molar-refractivity contribution in [2.24, 2.45) is 28.8 Å². The molecule has 84 valence electrons. The van der Waals surface area contributed by atoms with Crippen molar-refractivity contribution < 1.29 is 0 Å². The second-order valence-electron chi connectivity index (χ2n) is 5.64. The molecule has 0 aromatic heterocycles. The minimum absolute atomic E-state index is 0.577. The van der Waals surface area contributed by atoms with Crippen LogP contribution in [-0.4, -0.2) is 6.54 Å². The molecule has 3 nitrogen and oxygen atoms in total. The first-order valence-corrected chi connectivity index (χ1v) is 6.28. The highest BCUT2D eigenvalue weighted by atomic mass is 15.1. The predicted molar refractivity (Wildman–Crippen MR) is 61.3 cm³/mol. The number of nitrogens with zero attached hydrogens (tertiary/aromatic N) is 3. The first-order valence-electron chi connectivity index (χ1n) is 6.28. The van der Waals surface area contributed by atoms with Crippen LogP contribution < -0.4 is 0 Å². The summed E-state index contributed by atoms with van der Waals surface area (Å²) in [6.07, 6.45) is 8.64. The molecule has 0 aliphatic heterocycles. The molecule has 0 radical (unpaired) electrons. The Hall–Kier alpha value is -0.690. The lowest BCUT2D eigenvalue weighted by atomic mass is 9.69. The van der Waals surface area contributed by atoms with Gasteiger partial charge in [0.1, 0.15) is 0 Å². The van der Waals surface area contributed by atoms with Gasteiger partial charge in [-0.15, -0.1) is 0 Å². The highest BCUT2D eigenvalue weighted by Crippen LogP contribution is 2.46. The normalized spacial score (nSPS) is 31.5. The standard InChI is InChI=1S/C12H21N3/c1-9(8-14-15-13)4-11-6-12(7-11)5-10-2-3-10/h9-12H,2-8H2,1H3/t9?,11-,12+. The molecule has 0 saturated heterocycles. The summed E-state index contributed by atoms with van der Waals surface area (Å²) in [5.74, 6) is 3.64. The molecule has 0 spiro atoms. The van der Waals surface area contributed by atoms with E-state index in [1.165, 1.54) is 38.5 Å². The third kappa shape index (κ3) is 3.42. The summed E-state index contributed by atoms with van der Waals surface area (Å²) in [4.78, 5) is 2.81. The SMILES string of the molecule is CC(CN=[N+]=[N-])C[C@H]1C[C@@H](CC2CC2)C1. The Morgan fingerprint density at radius 1 is 1.27 bits per heavy atom. The van der Waals surface area contributed by atoms with E-state index < -0.39 is 0 Å². The van der Waals surface area contributed by atoms with Gasteiger partial charge in [-0.05, 0) is 54.9 Å². The lowest BCUT2D eigenvalue weighted by molar-refractivity contribution is 0.148. The highest BCUT2D eigenvalue weighted by molar-refractivity contribution is 4.86. The molecule has 1 unspecified atom stereocenters. The van der Waals surface area contributed by atoms with E-state index in [1.807, 2.05) is 0 Å². The van der Waals surface area contributed by atoms with Crippen LogP contribution in [0.15, 0.2) is 5.11 Å². The lowest BCUT2D eigenvalue weighted by Crippen LogP contribution is -2.26. The number of azide groups is 1. The van der Waals surface area contributed by atoms with Crippen molar-refractivity contribution in [1.82, 2.24) is 0 Å². The number of hydrogen-bond acceptors (Lipinski definition) is 1. The summed E-state index contributed by atoms with van der Waals surface area (Å²) in [6, 6.07) is 0. The Morgan fingerprint density at radius 3 is 2.60 bits per heavy atom. The minimum atomic E-state index is 0.577. The molecule has 0 heterocycles. The van der Waals surface area contributed by atoms with Gasteiger partial charge in [-0.3, -0.25) is 0 Å². The van der Waals surface area contributed by atoms with E-state index in [4.69, 9.17) is 5.53 Å². The molecular formula is C12H21N3. The molecule has 0 aromatic carbocycles. The van der Waals surface area contributed by atoms with Gasteiger partial charge in [0, 0.05) is 11.5 Å². The van der Waals surface area contributed by atoms with Gasteiger partial charge < -0.3 is 0 Å². The summed E-state index contributed by atoms with van der Waals surface area (Å²) in [6.45, 7) is 2.88. The maximum atomic E-state index is 8.23. The van der Waals surface area contributed by atoms with E-state index in [-0.39, 0.29) is 0 Å². The van der Waals surface area contributed by atoms with Gasteiger partial charge in [0.25, 0.3) is 0 Å². The van der Waals surface area contributed by atoms with Crippen LogP contribution in [0.1, 0.15) is 45.4 Å². The molecule has 0 bridgehead atoms. The third-order valence-electron chi connectivity index (χ3n) is 3.89. The van der Waals surface area contributed by atoms with Crippen molar-refractivity contribution in [1.29, 1.82) is 0 Å². The maximum absolute atomic E-state index is 8.23. The molecule has 0 N–H and O–H groups in total. The molecule has 2 aliphatic rings. The second kappa shape index (κ2) is 4.89. The summed E-state index contributed by atoms with van der Waals surface area (Å²) in [7, 11) is 0. The zero-order chi connectivity index (χ0) is 10.7. The Morgan fingerprint density at radius 2 is 2.00 bits per heavy atom. The van der Waals surface area contributed by atoms with Gasteiger partial charge in [-0.25, -0.2) is 0 Å². The Balaban J connectivity index is 1.55. The monoisotopic (exact) mass is 207 g/mol. The van der Waals surface area contributed by atoms with Gasteiger partial charge in [-0.1, -0.05) is 24.9 Å². The van der Waals surface area contributed by atoms with E-state index in [0.717, 1.165) is 17.8 Å². The minimum Gasteiger partial charge on any atom is -0.0937 e. The van der Waals surface area contributed by atoms with Crippen LogP contribution >= 0.6 is 0 Å². The molecule has 2 fully saturated rings. The van der Waals surface area contributed by atoms with Gasteiger partial charge in [0.05, 0.1) is 0 Å². The van der Waals surface area contributed by atoms with Crippen molar-refractivity contribution in [3.05, 3.63) is 10.4 Å². The molecule has 2 aliphatic carbocycles. The van der Waals surface area contributed by atoms with Crippen molar-refractivity contribution in [2.75, 3.05) is 6.54 Å². The number of hydrogen-bond donors (Lipinski definition) is 0. The number of rotatable bonds is 6. The second-order valence-corrected chi connectivity index (χ2v) is 5.64. The maximum Gasteiger partial charge on any atom is 0.0283 e. The van der Waals surface area contributed by atoms with E-state index in [9.17, 15) is 0 Å². The third-order valence-corrected chi connectivity index (χ3v) is 3.89. The summed E-state index contributed by atoms with van der Waals surface area (Å²) < 4.78 is 0. The molecule has 2 rings (SSSR count). The lowest BCUT2D eigenvalue weighted by Gasteiger charge is -2.37. The molecule has 3 heteroatoms. The van der Waals surface area contributed by atoms with Crippen LogP contribution in [0.2, 0.25) is 0 Å². The van der Waals surface area contributed by atoms with E-state index in [1.54, 1.807) is 0 Å². The van der Waals surface area contributed by atoms with Crippen LogP contribution in [0, 0.1) is 23.7 Å². The Kier molecular flexibility index (Phi) is 3.53. The Labute approximate surface area is 91.9 Å². The van der Waals surface area contributed by atoms with Crippen LogP contribution in [0.3, 0.4) is 0 Å². The first-order chi connectivity index (χ1) is 7.28. The summed E-state index contributed by atoms with van der Waals surface area (Å²) in [5.41, 5.74) is 8.23. The van der Waals surface area contributed by atoms with E-state index >= 15 is 0 Å². The van der Waals surface area contributed by atoms with Crippen LogP contribution in [0.5, 0.6) is 0 Å². The van der Waals surface area contributed by atoms with Gasteiger partial charge in [0.2, 0.25) is 0 Å². The molecule has 2 saturated carbocycles. The summed E-state index contributed by atoms with van der Waals surface area (Å²) in [5, 5.41) is 3.64. The summed E-state index contributed by atoms with van der Waals surface area (Å²) >= 11 is 0. The highest BCUT2D eigenvalue weighted by Gasteiger charge is 2.34. The van der Waals surface area contributed by atoms with Gasteiger partial charge in [0.15, 0.2) is 0 Å². The van der Waals surface area contributed by atoms with Crippen molar-refractivity contribution in [3.63, 3.8) is 0 Å². The Bertz CT molecular complexity index is 248. The fourth-order valence-electron chi connectivity index (χ4n) is 2.90. The molecule has 1 atom stereocenters. The molecule has 15 heavy (non-hydrogen) atoms. The largest absolute Gasteiger partial charge is 0.0937 e. The van der Waals surface area contributed by atoms with Crippen molar-refractivity contribution in [2.45, 2.75) is 45.4 Å². The quantitative estimate of drug-likeness (QED) is 0.357. The van der Waals surface area contributed by atoms with E-state index in [2.05, 4.69) is 16.9 Å². The molecule has 0 amide bonds. The fraction of sp³-hybridized carbons (Fsp3) is 1.00. The first kappa shape index (κ1) is 10.8. The van der Waals surface area contributed by atoms with E-state index in [0.29, 0.717) is 12.5 Å². The van der Waals surface area contributed by atoms with Crippen LogP contribution in [0.25, 0.3) is 10.4 Å². The van der Waals surface area contributed by atoms with Crippen molar-refractivity contribution >= 4 is 0 Å².